The number of nitrogens with one attached hydrogen (secondary N) is 1. The van der Waals surface area contributed by atoms with E-state index in [2.05, 4.69) is 10.3 Å². The number of rotatable bonds is 10. The highest BCUT2D eigenvalue weighted by molar-refractivity contribution is 6.00. The summed E-state index contributed by atoms with van der Waals surface area (Å²) in [6.07, 6.45) is -0.911. The minimum atomic E-state index is -1.35. The van der Waals surface area contributed by atoms with Crippen LogP contribution in [0.5, 0.6) is 0 Å². The number of nitrogens with zero attached hydrogens (tertiary/aromatic N) is 2. The van der Waals surface area contributed by atoms with Crippen molar-refractivity contribution in [2.24, 2.45) is 35.5 Å². The van der Waals surface area contributed by atoms with Gasteiger partial charge in [0.1, 0.15) is 23.9 Å². The number of Topliss-reactive ketones (excluding diaryl/α,β-unsaturated/α-hetero) is 2. The SMILES string of the molecule is CC[C@H]1OC(=O)[C@H](C)C(=O)C(C)[C@@H](O[C@@H]2O[C@H](C)C[C@H](N(C)C)[C@H]2O)[C@](C)(OC)C[C@@H](C)C(=O)[C@H](C)[C@@H]2C(CNCCc3ccnc4ccccc34)C(=O)O[C@]12C. The minimum absolute atomic E-state index is 0.124. The second kappa shape index (κ2) is 18.3. The third-order valence-electron chi connectivity index (χ3n) is 13.2. The van der Waals surface area contributed by atoms with E-state index in [-0.39, 0.29) is 37.3 Å². The fourth-order valence-corrected chi connectivity index (χ4v) is 9.84. The molecule has 2 N–H and O–H groups in total. The Bertz CT molecular complexity index is 1750. The van der Waals surface area contributed by atoms with Gasteiger partial charge in [0, 0.05) is 55.0 Å². The van der Waals surface area contributed by atoms with E-state index in [0.717, 1.165) is 16.5 Å². The maximum atomic E-state index is 14.7. The summed E-state index contributed by atoms with van der Waals surface area (Å²) in [6, 6.07) is 9.67. The van der Waals surface area contributed by atoms with Crippen molar-refractivity contribution in [2.75, 3.05) is 34.3 Å². The Morgan fingerprint density at radius 2 is 1.68 bits per heavy atom. The van der Waals surface area contributed by atoms with Gasteiger partial charge in [-0.2, -0.15) is 0 Å². The van der Waals surface area contributed by atoms with Crippen LogP contribution in [-0.4, -0.2) is 121 Å². The Balaban J connectivity index is 1.47. The number of methoxy groups -OCH3 is 1. The zero-order valence-electron chi connectivity index (χ0n) is 35.7. The Hall–Kier alpha value is -3.33. The zero-order valence-corrected chi connectivity index (χ0v) is 35.7. The molecule has 1 aromatic heterocycles. The number of aliphatic hydroxyl groups excluding tert-OH is 1. The van der Waals surface area contributed by atoms with E-state index in [4.69, 9.17) is 23.7 Å². The molecule has 5 rings (SSSR count). The second-order valence-electron chi connectivity index (χ2n) is 17.4. The highest BCUT2D eigenvalue weighted by Crippen LogP contribution is 2.48. The van der Waals surface area contributed by atoms with Crippen molar-refractivity contribution in [2.45, 2.75) is 129 Å². The molecule has 14 atom stereocenters. The van der Waals surface area contributed by atoms with Crippen molar-refractivity contribution in [1.29, 1.82) is 0 Å². The Morgan fingerprint density at radius 3 is 2.35 bits per heavy atom. The number of pyridine rings is 1. The molecule has 1 aromatic carbocycles. The Kier molecular flexibility index (Phi) is 14.4. The first-order chi connectivity index (χ1) is 26.9. The van der Waals surface area contributed by atoms with Crippen molar-refractivity contribution in [3.05, 3.63) is 42.1 Å². The molecule has 0 bridgehead atoms. The van der Waals surface area contributed by atoms with Gasteiger partial charge in [-0.15, -0.1) is 0 Å². The van der Waals surface area contributed by atoms with E-state index in [1.54, 1.807) is 27.0 Å². The second-order valence-corrected chi connectivity index (χ2v) is 17.4. The summed E-state index contributed by atoms with van der Waals surface area (Å²) in [7, 11) is 5.25. The molecule has 13 heteroatoms. The fourth-order valence-electron chi connectivity index (χ4n) is 9.84. The quantitative estimate of drug-likeness (QED) is 0.196. The number of hydrogen-bond donors (Lipinski definition) is 2. The Labute approximate surface area is 337 Å². The van der Waals surface area contributed by atoms with E-state index >= 15 is 0 Å². The predicted molar refractivity (Wildman–Crippen MR) is 214 cm³/mol. The van der Waals surface area contributed by atoms with Gasteiger partial charge >= 0.3 is 11.9 Å². The number of cyclic esters (lactones) is 1. The van der Waals surface area contributed by atoms with E-state index in [9.17, 15) is 24.3 Å². The van der Waals surface area contributed by atoms with Gasteiger partial charge in [-0.05, 0) is 91.7 Å². The van der Waals surface area contributed by atoms with E-state index < -0.39 is 89.0 Å². The van der Waals surface area contributed by atoms with Crippen LogP contribution in [0.4, 0.5) is 0 Å². The molecule has 0 radical (unpaired) electrons. The maximum absolute atomic E-state index is 14.7. The molecule has 0 amide bonds. The first-order valence-electron chi connectivity index (χ1n) is 20.6. The molecular weight excluding hydrogens is 730 g/mol. The van der Waals surface area contributed by atoms with Crippen LogP contribution in [0.2, 0.25) is 0 Å². The number of para-hydroxylation sites is 1. The standard InChI is InChI=1S/C44H65N3O10/c1-12-34-44(8)35(31(41(52)57-44)23-45-19-17-29-18-20-46-32-16-14-13-15-30(29)32)26(4)36(48)24(2)22-43(7,53-11)39(27(5)37(49)28(6)40(51)55-34)56-42-38(50)33(47(9)10)21-25(3)54-42/h13-16,18,20,24-28,31,33-35,38-39,42,45,50H,12,17,19,21-23H2,1-11H3/t24-,25-,26-,27?,28-,31?,33+,34-,35-,38-,39-,42+,43-,44-/m1/s1. The smallest absolute Gasteiger partial charge is 0.316 e. The Morgan fingerprint density at radius 1 is 0.982 bits per heavy atom. The number of hydrogen-bond acceptors (Lipinski definition) is 13. The molecule has 0 aliphatic carbocycles. The predicted octanol–water partition coefficient (Wildman–Crippen LogP) is 4.54. The first kappa shape index (κ1) is 44.8. The average Bonchev–Trinajstić information content (AvgIpc) is 3.45. The first-order valence-corrected chi connectivity index (χ1v) is 20.6. The summed E-state index contributed by atoms with van der Waals surface area (Å²) in [5, 5.41) is 16.0. The zero-order chi connectivity index (χ0) is 42.0. The molecule has 2 unspecified atom stereocenters. The summed E-state index contributed by atoms with van der Waals surface area (Å²) >= 11 is 0. The molecule has 3 aliphatic heterocycles. The van der Waals surface area contributed by atoms with Gasteiger partial charge in [-0.25, -0.2) is 0 Å². The molecule has 4 heterocycles. The van der Waals surface area contributed by atoms with Gasteiger partial charge in [0.05, 0.1) is 29.2 Å². The van der Waals surface area contributed by atoms with E-state index in [1.807, 2.05) is 77.0 Å². The average molecular weight is 796 g/mol. The summed E-state index contributed by atoms with van der Waals surface area (Å²) < 4.78 is 31.3. The summed E-state index contributed by atoms with van der Waals surface area (Å²) in [4.78, 5) is 63.3. The fraction of sp³-hybridized carbons (Fsp3) is 0.705. The molecule has 0 spiro atoms. The lowest BCUT2D eigenvalue weighted by Gasteiger charge is -2.47. The van der Waals surface area contributed by atoms with Crippen LogP contribution < -0.4 is 5.32 Å². The molecular formula is C44H65N3O10. The number of fused-ring (bicyclic) bond motifs is 2. The highest BCUT2D eigenvalue weighted by atomic mass is 16.7. The van der Waals surface area contributed by atoms with Crippen LogP contribution in [0, 0.1) is 35.5 Å². The monoisotopic (exact) mass is 795 g/mol. The molecule has 3 saturated heterocycles. The number of likely N-dealkylation sites (N-methyl/N-ethyl adjacent to an activating group) is 1. The van der Waals surface area contributed by atoms with Crippen LogP contribution >= 0.6 is 0 Å². The molecule has 3 aliphatic rings. The van der Waals surface area contributed by atoms with E-state index in [0.29, 0.717) is 19.4 Å². The largest absolute Gasteiger partial charge is 0.458 e. The van der Waals surface area contributed by atoms with Crippen LogP contribution in [0.25, 0.3) is 10.9 Å². The van der Waals surface area contributed by atoms with Gasteiger partial charge in [-0.3, -0.25) is 24.2 Å². The molecule has 57 heavy (non-hydrogen) atoms. The highest BCUT2D eigenvalue weighted by Gasteiger charge is 2.61. The molecule has 13 nitrogen and oxygen atoms in total. The number of benzene rings is 1. The van der Waals surface area contributed by atoms with Crippen molar-refractivity contribution >= 4 is 34.4 Å². The third-order valence-corrected chi connectivity index (χ3v) is 13.2. The number of aromatic nitrogens is 1. The summed E-state index contributed by atoms with van der Waals surface area (Å²) in [5.41, 5.74) is -0.581. The van der Waals surface area contributed by atoms with Crippen LogP contribution in [0.3, 0.4) is 0 Å². The number of esters is 2. The van der Waals surface area contributed by atoms with Gasteiger partial charge in [0.2, 0.25) is 0 Å². The lowest BCUT2D eigenvalue weighted by molar-refractivity contribution is -0.295. The van der Waals surface area contributed by atoms with Gasteiger partial charge in [0.25, 0.3) is 0 Å². The lowest BCUT2D eigenvalue weighted by Crippen LogP contribution is -2.59. The number of ether oxygens (including phenoxy) is 5. The third kappa shape index (κ3) is 9.13. The lowest BCUT2D eigenvalue weighted by atomic mass is 9.67. The van der Waals surface area contributed by atoms with E-state index in [1.165, 1.54) is 14.0 Å². The maximum Gasteiger partial charge on any atom is 0.316 e. The van der Waals surface area contributed by atoms with Crippen molar-refractivity contribution in [3.8, 4) is 0 Å². The molecule has 0 saturated carbocycles. The minimum Gasteiger partial charge on any atom is -0.458 e. The number of carbonyl (C=O) groups is 4. The van der Waals surface area contributed by atoms with Gasteiger partial charge < -0.3 is 39.0 Å². The van der Waals surface area contributed by atoms with Crippen molar-refractivity contribution in [3.63, 3.8) is 0 Å². The topological polar surface area (TPSA) is 163 Å². The van der Waals surface area contributed by atoms with Crippen LogP contribution in [0.15, 0.2) is 36.5 Å². The number of ketones is 2. The van der Waals surface area contributed by atoms with Crippen LogP contribution in [0.1, 0.15) is 80.2 Å². The van der Waals surface area contributed by atoms with Gasteiger partial charge in [-0.1, -0.05) is 45.9 Å². The summed E-state index contributed by atoms with van der Waals surface area (Å²) in [6.45, 7) is 14.9. The van der Waals surface area contributed by atoms with Crippen molar-refractivity contribution < 1.29 is 48.0 Å². The van der Waals surface area contributed by atoms with Crippen molar-refractivity contribution in [1.82, 2.24) is 15.2 Å². The molecule has 3 fully saturated rings. The molecule has 316 valence electrons. The number of carbonyl (C=O) groups excluding carboxylic acids is 4. The normalized spacial score (nSPS) is 38.5. The van der Waals surface area contributed by atoms with Gasteiger partial charge in [0.15, 0.2) is 17.7 Å². The molecule has 2 aromatic rings. The summed E-state index contributed by atoms with van der Waals surface area (Å²) in [5.74, 6) is -6.70. The van der Waals surface area contributed by atoms with Crippen LogP contribution in [-0.2, 0) is 49.3 Å². The number of aliphatic hydroxyl groups is 1.